The van der Waals surface area contributed by atoms with Gasteiger partial charge in [-0.3, -0.25) is 0 Å². The molecule has 2 aliphatic rings. The number of nitrogens with one attached hydrogen (secondary N) is 1. The van der Waals surface area contributed by atoms with Gasteiger partial charge in [0, 0.05) is 18.4 Å². The Bertz CT molecular complexity index is 343. The molecule has 15 heavy (non-hydrogen) atoms. The van der Waals surface area contributed by atoms with Crippen molar-refractivity contribution in [2.45, 2.75) is 38.0 Å². The van der Waals surface area contributed by atoms with Crippen LogP contribution in [0.5, 0.6) is 0 Å². The van der Waals surface area contributed by atoms with Crippen molar-refractivity contribution in [2.24, 2.45) is 5.92 Å². The molecule has 1 saturated heterocycles. The Labute approximate surface area is 89.4 Å². The molecule has 3 atom stereocenters. The molecule has 0 spiro atoms. The van der Waals surface area contributed by atoms with Gasteiger partial charge in [0.2, 0.25) is 5.89 Å². The summed E-state index contributed by atoms with van der Waals surface area (Å²) in [6.07, 6.45) is 3.62. The molecule has 4 nitrogen and oxygen atoms in total. The average molecular weight is 207 g/mol. The third-order valence-electron chi connectivity index (χ3n) is 3.55. The van der Waals surface area contributed by atoms with Crippen molar-refractivity contribution in [2.75, 3.05) is 13.1 Å². The number of aromatic nitrogens is 2. The standard InChI is InChI=1S/C11H17N3O/c1-7-5-9(7)11-13-10(14-15-11)8-3-2-4-12-6-8/h7-9,12H,2-6H2,1H3. The molecule has 1 saturated carbocycles. The van der Waals surface area contributed by atoms with Crippen molar-refractivity contribution in [3.8, 4) is 0 Å². The Kier molecular flexibility index (Phi) is 2.24. The molecule has 0 amide bonds. The maximum absolute atomic E-state index is 5.32. The van der Waals surface area contributed by atoms with Crippen LogP contribution in [0.4, 0.5) is 0 Å². The molecule has 2 heterocycles. The highest BCUT2D eigenvalue weighted by molar-refractivity contribution is 5.08. The summed E-state index contributed by atoms with van der Waals surface area (Å²) >= 11 is 0. The van der Waals surface area contributed by atoms with Crippen LogP contribution in [-0.4, -0.2) is 23.2 Å². The van der Waals surface area contributed by atoms with Gasteiger partial charge in [0.25, 0.3) is 0 Å². The van der Waals surface area contributed by atoms with E-state index in [1.807, 2.05) is 0 Å². The first-order valence-corrected chi connectivity index (χ1v) is 5.89. The van der Waals surface area contributed by atoms with Gasteiger partial charge in [-0.2, -0.15) is 4.98 Å². The monoisotopic (exact) mass is 207 g/mol. The molecule has 3 unspecified atom stereocenters. The van der Waals surface area contributed by atoms with Crippen molar-refractivity contribution in [3.63, 3.8) is 0 Å². The molecule has 0 radical (unpaired) electrons. The minimum atomic E-state index is 0.463. The lowest BCUT2D eigenvalue weighted by Gasteiger charge is -2.19. The number of rotatable bonds is 2. The van der Waals surface area contributed by atoms with Gasteiger partial charge in [0.05, 0.1) is 0 Å². The zero-order valence-corrected chi connectivity index (χ0v) is 9.07. The topological polar surface area (TPSA) is 51.0 Å². The molecular weight excluding hydrogens is 190 g/mol. The smallest absolute Gasteiger partial charge is 0.230 e. The first-order chi connectivity index (χ1) is 7.34. The number of hydrogen-bond donors (Lipinski definition) is 1. The molecule has 3 rings (SSSR count). The lowest BCUT2D eigenvalue weighted by Crippen LogP contribution is -2.28. The predicted molar refractivity (Wildman–Crippen MR) is 55.7 cm³/mol. The fraction of sp³-hybridized carbons (Fsp3) is 0.818. The van der Waals surface area contributed by atoms with Gasteiger partial charge in [-0.05, 0) is 31.7 Å². The summed E-state index contributed by atoms with van der Waals surface area (Å²) in [4.78, 5) is 4.53. The maximum atomic E-state index is 5.32. The maximum Gasteiger partial charge on any atom is 0.230 e. The van der Waals surface area contributed by atoms with Gasteiger partial charge in [-0.15, -0.1) is 0 Å². The van der Waals surface area contributed by atoms with Crippen LogP contribution in [0.3, 0.4) is 0 Å². The van der Waals surface area contributed by atoms with Crippen LogP contribution in [-0.2, 0) is 0 Å². The molecule has 2 fully saturated rings. The van der Waals surface area contributed by atoms with Crippen LogP contribution >= 0.6 is 0 Å². The third-order valence-corrected chi connectivity index (χ3v) is 3.55. The van der Waals surface area contributed by atoms with E-state index < -0.39 is 0 Å². The van der Waals surface area contributed by atoms with Crippen LogP contribution in [0.1, 0.15) is 49.7 Å². The Morgan fingerprint density at radius 2 is 2.33 bits per heavy atom. The predicted octanol–water partition coefficient (Wildman–Crippen LogP) is 1.66. The second kappa shape index (κ2) is 3.59. The van der Waals surface area contributed by atoms with E-state index in [0.29, 0.717) is 11.8 Å². The number of nitrogens with zero attached hydrogens (tertiary/aromatic N) is 2. The van der Waals surface area contributed by atoms with Gasteiger partial charge >= 0.3 is 0 Å². The van der Waals surface area contributed by atoms with E-state index in [1.54, 1.807) is 0 Å². The summed E-state index contributed by atoms with van der Waals surface area (Å²) in [5.41, 5.74) is 0. The van der Waals surface area contributed by atoms with Crippen molar-refractivity contribution in [3.05, 3.63) is 11.7 Å². The second-order valence-corrected chi connectivity index (χ2v) is 4.85. The van der Waals surface area contributed by atoms with E-state index in [4.69, 9.17) is 4.52 Å². The van der Waals surface area contributed by atoms with E-state index in [9.17, 15) is 0 Å². The van der Waals surface area contributed by atoms with Crippen molar-refractivity contribution in [1.29, 1.82) is 0 Å². The average Bonchev–Trinajstić information content (AvgIpc) is 2.83. The van der Waals surface area contributed by atoms with Crippen LogP contribution in [0, 0.1) is 5.92 Å². The van der Waals surface area contributed by atoms with E-state index >= 15 is 0 Å². The molecule has 4 heteroatoms. The normalized spacial score (nSPS) is 35.4. The minimum Gasteiger partial charge on any atom is -0.339 e. The molecule has 0 aromatic carbocycles. The molecule has 1 N–H and O–H groups in total. The molecule has 1 aromatic rings. The summed E-state index contributed by atoms with van der Waals surface area (Å²) in [7, 11) is 0. The molecule has 1 aromatic heterocycles. The van der Waals surface area contributed by atoms with Crippen LogP contribution in [0.25, 0.3) is 0 Å². The fourth-order valence-corrected chi connectivity index (χ4v) is 2.30. The Hall–Kier alpha value is -0.900. The van der Waals surface area contributed by atoms with Gasteiger partial charge in [-0.1, -0.05) is 12.1 Å². The van der Waals surface area contributed by atoms with E-state index in [1.165, 1.54) is 19.3 Å². The Balaban J connectivity index is 1.72. The molecule has 1 aliphatic heterocycles. The van der Waals surface area contributed by atoms with Gasteiger partial charge in [-0.25, -0.2) is 0 Å². The quantitative estimate of drug-likeness (QED) is 0.801. The summed E-state index contributed by atoms with van der Waals surface area (Å²) < 4.78 is 5.32. The summed E-state index contributed by atoms with van der Waals surface area (Å²) in [6, 6.07) is 0. The van der Waals surface area contributed by atoms with E-state index in [0.717, 1.165) is 30.7 Å². The van der Waals surface area contributed by atoms with Crippen LogP contribution in [0.2, 0.25) is 0 Å². The summed E-state index contributed by atoms with van der Waals surface area (Å²) in [5, 5.41) is 7.48. The highest BCUT2D eigenvalue weighted by atomic mass is 16.5. The van der Waals surface area contributed by atoms with Crippen molar-refractivity contribution >= 4 is 0 Å². The largest absolute Gasteiger partial charge is 0.339 e. The lowest BCUT2D eigenvalue weighted by atomic mass is 9.99. The lowest BCUT2D eigenvalue weighted by molar-refractivity contribution is 0.359. The highest BCUT2D eigenvalue weighted by Crippen LogP contribution is 2.46. The second-order valence-electron chi connectivity index (χ2n) is 4.85. The molecule has 0 bridgehead atoms. The van der Waals surface area contributed by atoms with Gasteiger partial charge < -0.3 is 9.84 Å². The first-order valence-electron chi connectivity index (χ1n) is 5.89. The van der Waals surface area contributed by atoms with Crippen LogP contribution in [0.15, 0.2) is 4.52 Å². The first kappa shape index (κ1) is 9.33. The zero-order chi connectivity index (χ0) is 10.3. The fourth-order valence-electron chi connectivity index (χ4n) is 2.30. The Morgan fingerprint density at radius 1 is 1.47 bits per heavy atom. The Morgan fingerprint density at radius 3 is 3.00 bits per heavy atom. The number of hydrogen-bond acceptors (Lipinski definition) is 4. The zero-order valence-electron chi connectivity index (χ0n) is 9.07. The third kappa shape index (κ3) is 1.78. The summed E-state index contributed by atoms with van der Waals surface area (Å²) in [5.74, 6) is 3.52. The van der Waals surface area contributed by atoms with Gasteiger partial charge in [0.15, 0.2) is 5.82 Å². The van der Waals surface area contributed by atoms with Gasteiger partial charge in [0.1, 0.15) is 0 Å². The minimum absolute atomic E-state index is 0.463. The molecular formula is C11H17N3O. The van der Waals surface area contributed by atoms with E-state index in [2.05, 4.69) is 22.4 Å². The highest BCUT2D eigenvalue weighted by Gasteiger charge is 2.39. The van der Waals surface area contributed by atoms with Crippen LogP contribution < -0.4 is 5.32 Å². The molecule has 82 valence electrons. The number of piperidine rings is 1. The van der Waals surface area contributed by atoms with Crippen molar-refractivity contribution in [1.82, 2.24) is 15.5 Å². The van der Waals surface area contributed by atoms with Crippen molar-refractivity contribution < 1.29 is 4.52 Å². The molecule has 1 aliphatic carbocycles. The van der Waals surface area contributed by atoms with E-state index in [-0.39, 0.29) is 0 Å². The summed E-state index contributed by atoms with van der Waals surface area (Å²) in [6.45, 7) is 4.36. The SMILES string of the molecule is CC1CC1c1nc(C2CCCNC2)no1.